The third kappa shape index (κ3) is 1.77. The molecule has 2 nitrogen and oxygen atoms in total. The third-order valence-electron chi connectivity index (χ3n) is 2.66. The molecule has 84 valence electrons. The first kappa shape index (κ1) is 10.2. The van der Waals surface area contributed by atoms with Crippen LogP contribution < -0.4 is 0 Å². The fourth-order valence-corrected chi connectivity index (χ4v) is 1.91. The second-order valence-corrected chi connectivity index (χ2v) is 4.22. The van der Waals surface area contributed by atoms with Gasteiger partial charge in [0.15, 0.2) is 0 Å². The van der Waals surface area contributed by atoms with Gasteiger partial charge in [-0.05, 0) is 30.3 Å². The van der Waals surface area contributed by atoms with E-state index in [1.54, 1.807) is 12.1 Å². The SMILES string of the molecule is Oc1cc(-c2cc3ccccc3o2)ccc1Cl. The monoisotopic (exact) mass is 244 g/mol. The van der Waals surface area contributed by atoms with Gasteiger partial charge in [-0.15, -0.1) is 0 Å². The van der Waals surface area contributed by atoms with Gasteiger partial charge in [0.05, 0.1) is 5.02 Å². The Labute approximate surface area is 103 Å². The zero-order chi connectivity index (χ0) is 11.8. The average Bonchev–Trinajstić information content (AvgIpc) is 2.76. The van der Waals surface area contributed by atoms with Crippen LogP contribution in [0, 0.1) is 0 Å². The number of benzene rings is 2. The van der Waals surface area contributed by atoms with Gasteiger partial charge >= 0.3 is 0 Å². The predicted molar refractivity (Wildman–Crippen MR) is 68.3 cm³/mol. The fourth-order valence-electron chi connectivity index (χ4n) is 1.79. The average molecular weight is 245 g/mol. The summed E-state index contributed by atoms with van der Waals surface area (Å²) in [4.78, 5) is 0. The molecule has 1 aromatic heterocycles. The van der Waals surface area contributed by atoms with Crippen molar-refractivity contribution >= 4 is 22.6 Å². The van der Waals surface area contributed by atoms with Crippen LogP contribution in [-0.2, 0) is 0 Å². The highest BCUT2D eigenvalue weighted by atomic mass is 35.5. The number of furan rings is 1. The molecule has 3 rings (SSSR count). The van der Waals surface area contributed by atoms with Crippen molar-refractivity contribution in [3.05, 3.63) is 53.6 Å². The number of para-hydroxylation sites is 1. The van der Waals surface area contributed by atoms with E-state index in [4.69, 9.17) is 16.0 Å². The minimum Gasteiger partial charge on any atom is -0.506 e. The maximum atomic E-state index is 9.56. The molecule has 3 heteroatoms. The van der Waals surface area contributed by atoms with Crippen molar-refractivity contribution in [2.45, 2.75) is 0 Å². The summed E-state index contributed by atoms with van der Waals surface area (Å²) in [5.74, 6) is 0.780. The van der Waals surface area contributed by atoms with Gasteiger partial charge in [0.25, 0.3) is 0 Å². The van der Waals surface area contributed by atoms with E-state index in [2.05, 4.69) is 0 Å². The van der Waals surface area contributed by atoms with Crippen molar-refractivity contribution < 1.29 is 9.52 Å². The molecule has 0 aliphatic carbocycles. The molecular weight excluding hydrogens is 236 g/mol. The van der Waals surface area contributed by atoms with Crippen LogP contribution in [0.15, 0.2) is 52.9 Å². The summed E-state index contributed by atoms with van der Waals surface area (Å²) in [6.45, 7) is 0. The number of halogens is 1. The molecule has 0 saturated heterocycles. The van der Waals surface area contributed by atoms with Crippen LogP contribution in [0.25, 0.3) is 22.3 Å². The lowest BCUT2D eigenvalue weighted by molar-refractivity contribution is 0.475. The number of rotatable bonds is 1. The molecule has 0 saturated carbocycles. The smallest absolute Gasteiger partial charge is 0.135 e. The van der Waals surface area contributed by atoms with Crippen LogP contribution in [0.3, 0.4) is 0 Å². The summed E-state index contributed by atoms with van der Waals surface area (Å²) in [6.07, 6.45) is 0. The van der Waals surface area contributed by atoms with Crippen LogP contribution in [0.1, 0.15) is 0 Å². The molecule has 0 atom stereocenters. The third-order valence-corrected chi connectivity index (χ3v) is 2.98. The molecule has 0 radical (unpaired) electrons. The van der Waals surface area contributed by atoms with Gasteiger partial charge in [-0.25, -0.2) is 0 Å². The number of aromatic hydroxyl groups is 1. The van der Waals surface area contributed by atoms with E-state index in [9.17, 15) is 5.11 Å². The van der Waals surface area contributed by atoms with Crippen molar-refractivity contribution in [3.63, 3.8) is 0 Å². The van der Waals surface area contributed by atoms with Crippen molar-refractivity contribution in [2.75, 3.05) is 0 Å². The Hall–Kier alpha value is -1.93. The molecule has 2 aromatic carbocycles. The van der Waals surface area contributed by atoms with Crippen LogP contribution in [0.4, 0.5) is 0 Å². The molecule has 1 heterocycles. The van der Waals surface area contributed by atoms with Gasteiger partial charge in [-0.2, -0.15) is 0 Å². The van der Waals surface area contributed by atoms with Crippen LogP contribution in [-0.4, -0.2) is 5.11 Å². The Kier molecular flexibility index (Phi) is 2.30. The van der Waals surface area contributed by atoms with Gasteiger partial charge < -0.3 is 9.52 Å². The molecule has 1 N–H and O–H groups in total. The molecule has 0 aliphatic rings. The van der Waals surface area contributed by atoms with Crippen LogP contribution in [0.2, 0.25) is 5.02 Å². The first-order chi connectivity index (χ1) is 8.24. The van der Waals surface area contributed by atoms with E-state index in [1.165, 1.54) is 0 Å². The van der Waals surface area contributed by atoms with Crippen molar-refractivity contribution in [1.29, 1.82) is 0 Å². The zero-order valence-corrected chi connectivity index (χ0v) is 9.61. The molecule has 0 amide bonds. The summed E-state index contributed by atoms with van der Waals surface area (Å²) in [7, 11) is 0. The second-order valence-electron chi connectivity index (χ2n) is 3.81. The Balaban J connectivity index is 2.17. The molecule has 0 fully saturated rings. The summed E-state index contributed by atoms with van der Waals surface area (Å²) < 4.78 is 5.69. The summed E-state index contributed by atoms with van der Waals surface area (Å²) >= 11 is 5.77. The topological polar surface area (TPSA) is 33.4 Å². The highest BCUT2D eigenvalue weighted by Crippen LogP contribution is 2.32. The molecular formula is C14H9ClO2. The number of phenols is 1. The lowest BCUT2D eigenvalue weighted by Crippen LogP contribution is -1.74. The number of phenolic OH excluding ortho intramolecular Hbond substituents is 1. The van der Waals surface area contributed by atoms with Crippen molar-refractivity contribution in [1.82, 2.24) is 0 Å². The Bertz CT molecular complexity index is 653. The highest BCUT2D eigenvalue weighted by molar-refractivity contribution is 6.32. The van der Waals surface area contributed by atoms with E-state index < -0.39 is 0 Å². The molecule has 0 bridgehead atoms. The molecule has 3 aromatic rings. The van der Waals surface area contributed by atoms with E-state index in [0.29, 0.717) is 5.02 Å². The van der Waals surface area contributed by atoms with Gasteiger partial charge in [0, 0.05) is 10.9 Å². The van der Waals surface area contributed by atoms with Crippen molar-refractivity contribution in [2.24, 2.45) is 0 Å². The minimum atomic E-state index is 0.0598. The number of hydrogen-bond donors (Lipinski definition) is 1. The van der Waals surface area contributed by atoms with E-state index in [1.807, 2.05) is 36.4 Å². The molecule has 0 unspecified atom stereocenters. The normalized spacial score (nSPS) is 10.9. The first-order valence-corrected chi connectivity index (χ1v) is 5.59. The van der Waals surface area contributed by atoms with E-state index in [0.717, 1.165) is 22.3 Å². The quantitative estimate of drug-likeness (QED) is 0.686. The molecule has 17 heavy (non-hydrogen) atoms. The van der Waals surface area contributed by atoms with Crippen LogP contribution >= 0.6 is 11.6 Å². The van der Waals surface area contributed by atoms with Crippen LogP contribution in [0.5, 0.6) is 5.75 Å². The Morgan fingerprint density at radius 1 is 1.00 bits per heavy atom. The number of fused-ring (bicyclic) bond motifs is 1. The maximum absolute atomic E-state index is 9.56. The van der Waals surface area contributed by atoms with E-state index in [-0.39, 0.29) is 5.75 Å². The summed E-state index contributed by atoms with van der Waals surface area (Å²) in [6, 6.07) is 14.8. The zero-order valence-electron chi connectivity index (χ0n) is 8.85. The first-order valence-electron chi connectivity index (χ1n) is 5.21. The Morgan fingerprint density at radius 3 is 2.59 bits per heavy atom. The predicted octanol–water partition coefficient (Wildman–Crippen LogP) is 4.46. The second kappa shape index (κ2) is 3.82. The standard InChI is InChI=1S/C14H9ClO2/c15-11-6-5-10(7-12(11)16)14-8-9-3-1-2-4-13(9)17-14/h1-8,16H. The molecule has 0 aliphatic heterocycles. The maximum Gasteiger partial charge on any atom is 0.135 e. The van der Waals surface area contributed by atoms with Crippen molar-refractivity contribution in [3.8, 4) is 17.1 Å². The van der Waals surface area contributed by atoms with Gasteiger partial charge in [-0.1, -0.05) is 29.8 Å². The van der Waals surface area contributed by atoms with Gasteiger partial charge in [0.2, 0.25) is 0 Å². The molecule has 0 spiro atoms. The summed E-state index contributed by atoms with van der Waals surface area (Å²) in [5.41, 5.74) is 1.64. The van der Waals surface area contributed by atoms with E-state index >= 15 is 0 Å². The largest absolute Gasteiger partial charge is 0.506 e. The fraction of sp³-hybridized carbons (Fsp3) is 0. The van der Waals surface area contributed by atoms with Gasteiger partial charge in [0.1, 0.15) is 17.1 Å². The lowest BCUT2D eigenvalue weighted by Gasteiger charge is -1.99. The number of hydrogen-bond acceptors (Lipinski definition) is 2. The summed E-state index contributed by atoms with van der Waals surface area (Å²) in [5, 5.41) is 10.9. The van der Waals surface area contributed by atoms with Gasteiger partial charge in [-0.3, -0.25) is 0 Å². The Morgan fingerprint density at radius 2 is 1.82 bits per heavy atom. The lowest BCUT2D eigenvalue weighted by atomic mass is 10.1. The minimum absolute atomic E-state index is 0.0598. The highest BCUT2D eigenvalue weighted by Gasteiger charge is 2.07.